The molecule has 0 atom stereocenters. The van der Waals surface area contributed by atoms with Gasteiger partial charge in [0.25, 0.3) is 0 Å². The summed E-state index contributed by atoms with van der Waals surface area (Å²) in [5.74, 6) is -0.678. The van der Waals surface area contributed by atoms with E-state index < -0.39 is 5.97 Å². The number of carboxylic acid groups (broad SMARTS) is 1. The quantitative estimate of drug-likeness (QED) is 0.442. The lowest BCUT2D eigenvalue weighted by atomic mass is 10.2. The third kappa shape index (κ3) is 5.23. The SMILES string of the molecule is COC(=O)c1cccc(OC)c1I.O=C(O)c1cccc(O)c1I. The van der Waals surface area contributed by atoms with Crippen LogP contribution in [0.5, 0.6) is 11.5 Å². The molecular formula is C16H14I2O6. The Bertz CT molecular complexity index is 745. The van der Waals surface area contributed by atoms with E-state index >= 15 is 0 Å². The predicted molar refractivity (Wildman–Crippen MR) is 105 cm³/mol. The van der Waals surface area contributed by atoms with Crippen LogP contribution in [-0.2, 0) is 4.74 Å². The van der Waals surface area contributed by atoms with E-state index in [1.807, 2.05) is 0 Å². The number of carbonyl (C=O) groups is 2. The van der Waals surface area contributed by atoms with Crippen molar-refractivity contribution in [2.24, 2.45) is 0 Å². The molecule has 0 radical (unpaired) electrons. The maximum absolute atomic E-state index is 11.2. The predicted octanol–water partition coefficient (Wildman–Crippen LogP) is 3.78. The van der Waals surface area contributed by atoms with Gasteiger partial charge in [0.1, 0.15) is 11.5 Å². The highest BCUT2D eigenvalue weighted by atomic mass is 127. The van der Waals surface area contributed by atoms with Crippen molar-refractivity contribution in [2.75, 3.05) is 14.2 Å². The van der Waals surface area contributed by atoms with Crippen molar-refractivity contribution in [3.8, 4) is 11.5 Å². The number of rotatable bonds is 3. The zero-order chi connectivity index (χ0) is 18.3. The Morgan fingerprint density at radius 3 is 2.04 bits per heavy atom. The van der Waals surface area contributed by atoms with Crippen LogP contribution < -0.4 is 4.74 Å². The molecule has 2 rings (SSSR count). The van der Waals surface area contributed by atoms with E-state index in [1.54, 1.807) is 47.9 Å². The second kappa shape index (κ2) is 9.67. The summed E-state index contributed by atoms with van der Waals surface area (Å²) in [6, 6.07) is 9.66. The van der Waals surface area contributed by atoms with Gasteiger partial charge in [0.05, 0.1) is 32.5 Å². The van der Waals surface area contributed by atoms with Gasteiger partial charge in [-0.1, -0.05) is 12.1 Å². The summed E-state index contributed by atoms with van der Waals surface area (Å²) in [5.41, 5.74) is 0.660. The number of halogens is 2. The fraction of sp³-hybridized carbons (Fsp3) is 0.125. The highest BCUT2D eigenvalue weighted by molar-refractivity contribution is 14.1. The van der Waals surface area contributed by atoms with Gasteiger partial charge in [-0.3, -0.25) is 0 Å². The highest BCUT2D eigenvalue weighted by Gasteiger charge is 2.12. The van der Waals surface area contributed by atoms with Gasteiger partial charge < -0.3 is 19.7 Å². The van der Waals surface area contributed by atoms with Gasteiger partial charge in [0.15, 0.2) is 0 Å². The number of phenols is 1. The van der Waals surface area contributed by atoms with Crippen molar-refractivity contribution in [2.45, 2.75) is 0 Å². The molecule has 0 aliphatic heterocycles. The normalized spacial score (nSPS) is 9.50. The van der Waals surface area contributed by atoms with Crippen molar-refractivity contribution in [3.05, 3.63) is 54.7 Å². The minimum absolute atomic E-state index is 0.00509. The summed E-state index contributed by atoms with van der Waals surface area (Å²) >= 11 is 3.84. The lowest BCUT2D eigenvalue weighted by Gasteiger charge is -2.06. The lowest BCUT2D eigenvalue weighted by molar-refractivity contribution is 0.0598. The fourth-order valence-corrected chi connectivity index (χ4v) is 3.01. The van der Waals surface area contributed by atoms with E-state index in [-0.39, 0.29) is 17.3 Å². The van der Waals surface area contributed by atoms with Crippen LogP contribution in [0.2, 0.25) is 0 Å². The Morgan fingerprint density at radius 2 is 1.54 bits per heavy atom. The summed E-state index contributed by atoms with van der Waals surface area (Å²) in [4.78, 5) is 21.7. The number of esters is 1. The highest BCUT2D eigenvalue weighted by Crippen LogP contribution is 2.24. The number of benzene rings is 2. The van der Waals surface area contributed by atoms with Crippen LogP contribution in [-0.4, -0.2) is 36.4 Å². The molecule has 0 aliphatic rings. The summed E-state index contributed by atoms with van der Waals surface area (Å²) in [5, 5.41) is 17.7. The minimum Gasteiger partial charge on any atom is -0.507 e. The van der Waals surface area contributed by atoms with E-state index in [1.165, 1.54) is 25.3 Å². The van der Waals surface area contributed by atoms with Crippen LogP contribution in [0.4, 0.5) is 0 Å². The fourth-order valence-electron chi connectivity index (χ4n) is 1.62. The molecule has 0 bridgehead atoms. The zero-order valence-electron chi connectivity index (χ0n) is 12.7. The van der Waals surface area contributed by atoms with Gasteiger partial charge in [0, 0.05) is 0 Å². The third-order valence-electron chi connectivity index (χ3n) is 2.80. The molecule has 8 heteroatoms. The Morgan fingerprint density at radius 1 is 0.958 bits per heavy atom. The molecule has 0 spiro atoms. The monoisotopic (exact) mass is 556 g/mol. The number of ether oxygens (including phenoxy) is 2. The first kappa shape index (κ1) is 20.5. The maximum atomic E-state index is 11.2. The van der Waals surface area contributed by atoms with E-state index in [4.69, 9.17) is 14.9 Å². The number of aromatic hydroxyl groups is 1. The third-order valence-corrected chi connectivity index (χ3v) is 5.04. The van der Waals surface area contributed by atoms with Crippen molar-refractivity contribution >= 4 is 57.1 Å². The number of carboxylic acids is 1. The van der Waals surface area contributed by atoms with Gasteiger partial charge >= 0.3 is 11.9 Å². The standard InChI is InChI=1S/C9H9IO3.C7H5IO3/c1-12-7-5-3-4-6(8(7)10)9(11)13-2;8-6-4(7(10)11)2-1-3-5(6)9/h3-5H,1-2H3;1-3,9H,(H,10,11). The number of hydrogen-bond donors (Lipinski definition) is 2. The van der Waals surface area contributed by atoms with Crippen LogP contribution in [0.3, 0.4) is 0 Å². The van der Waals surface area contributed by atoms with Gasteiger partial charge in [-0.2, -0.15) is 0 Å². The number of aromatic carboxylic acids is 1. The van der Waals surface area contributed by atoms with E-state index in [2.05, 4.69) is 27.3 Å². The van der Waals surface area contributed by atoms with Crippen molar-refractivity contribution < 1.29 is 29.3 Å². The smallest absolute Gasteiger partial charge is 0.339 e. The molecule has 2 aromatic rings. The molecule has 0 aliphatic carbocycles. The molecule has 2 aromatic carbocycles. The van der Waals surface area contributed by atoms with Gasteiger partial charge in [-0.25, -0.2) is 9.59 Å². The van der Waals surface area contributed by atoms with Crippen LogP contribution in [0.1, 0.15) is 20.7 Å². The molecular weight excluding hydrogens is 542 g/mol. The Labute approximate surface area is 166 Å². The first-order valence-corrected chi connectivity index (χ1v) is 8.60. The maximum Gasteiger partial charge on any atom is 0.339 e. The molecule has 0 amide bonds. The molecule has 0 saturated heterocycles. The number of phenolic OH excluding ortho intramolecular Hbond substituents is 1. The van der Waals surface area contributed by atoms with Crippen LogP contribution in [0.25, 0.3) is 0 Å². The average Bonchev–Trinajstić information content (AvgIpc) is 2.57. The largest absolute Gasteiger partial charge is 0.507 e. The van der Waals surface area contributed by atoms with E-state index in [9.17, 15) is 9.59 Å². The average molecular weight is 556 g/mol. The van der Waals surface area contributed by atoms with E-state index in [0.29, 0.717) is 14.9 Å². The first-order chi connectivity index (χ1) is 11.3. The molecule has 2 N–H and O–H groups in total. The van der Waals surface area contributed by atoms with Gasteiger partial charge in [0.2, 0.25) is 0 Å². The van der Waals surface area contributed by atoms with Crippen LogP contribution >= 0.6 is 45.2 Å². The Hall–Kier alpha value is -1.56. The second-order valence-electron chi connectivity index (χ2n) is 4.26. The molecule has 24 heavy (non-hydrogen) atoms. The van der Waals surface area contributed by atoms with Crippen molar-refractivity contribution in [1.29, 1.82) is 0 Å². The van der Waals surface area contributed by atoms with Crippen molar-refractivity contribution in [1.82, 2.24) is 0 Å². The zero-order valence-corrected chi connectivity index (χ0v) is 17.1. The topological polar surface area (TPSA) is 93.1 Å². The first-order valence-electron chi connectivity index (χ1n) is 6.45. The summed E-state index contributed by atoms with van der Waals surface area (Å²) in [6.45, 7) is 0. The minimum atomic E-state index is -1.02. The molecule has 0 heterocycles. The van der Waals surface area contributed by atoms with Crippen molar-refractivity contribution in [3.63, 3.8) is 0 Å². The van der Waals surface area contributed by atoms with E-state index in [0.717, 1.165) is 3.57 Å². The number of hydrogen-bond acceptors (Lipinski definition) is 5. The Balaban J connectivity index is 0.000000243. The second-order valence-corrected chi connectivity index (χ2v) is 6.41. The van der Waals surface area contributed by atoms with Crippen LogP contribution in [0, 0.1) is 7.14 Å². The number of methoxy groups -OCH3 is 2. The summed E-state index contributed by atoms with van der Waals surface area (Å²) < 4.78 is 10.8. The summed E-state index contributed by atoms with van der Waals surface area (Å²) in [6.07, 6.45) is 0. The van der Waals surface area contributed by atoms with Crippen LogP contribution in [0.15, 0.2) is 36.4 Å². The molecule has 6 nitrogen and oxygen atoms in total. The molecule has 128 valence electrons. The molecule has 0 saturated carbocycles. The lowest BCUT2D eigenvalue weighted by Crippen LogP contribution is -2.04. The molecule has 0 aromatic heterocycles. The summed E-state index contributed by atoms with van der Waals surface area (Å²) in [7, 11) is 2.93. The molecule has 0 unspecified atom stereocenters. The van der Waals surface area contributed by atoms with Gasteiger partial charge in [-0.15, -0.1) is 0 Å². The number of carbonyl (C=O) groups excluding carboxylic acids is 1. The Kier molecular flexibility index (Phi) is 8.25. The molecule has 0 fully saturated rings. The van der Waals surface area contributed by atoms with Gasteiger partial charge in [-0.05, 0) is 69.4 Å².